The Kier molecular flexibility index (Phi) is 40.4. The van der Waals surface area contributed by atoms with Crippen molar-refractivity contribution in [3.63, 3.8) is 0 Å². The fourth-order valence-electron chi connectivity index (χ4n) is 8.83. The summed E-state index contributed by atoms with van der Waals surface area (Å²) in [7, 11) is 1.38. The van der Waals surface area contributed by atoms with Crippen LogP contribution in [0, 0.1) is 0 Å². The Morgan fingerprint density at radius 3 is 1.30 bits per heavy atom. The number of unbranched alkanes of at least 4 members (excludes halogenated alkanes) is 33. The Balaban J connectivity index is 2.38. The van der Waals surface area contributed by atoms with Crippen molar-refractivity contribution in [3.8, 4) is 0 Å². The summed E-state index contributed by atoms with van der Waals surface area (Å²) in [6.45, 7) is 3.77. The highest BCUT2D eigenvalue weighted by molar-refractivity contribution is 5.76. The number of aliphatic hydroxyl groups excluding tert-OH is 5. The number of hydrogen-bond donors (Lipinski definition) is 7. The summed E-state index contributed by atoms with van der Waals surface area (Å²) in [5.74, 6) is -0.272. The van der Waals surface area contributed by atoms with Gasteiger partial charge in [0.25, 0.3) is 0 Å². The molecule has 1 fully saturated rings. The Hall–Kier alpha value is -1.54. The van der Waals surface area contributed by atoms with Crippen LogP contribution < -0.4 is 10.6 Å². The van der Waals surface area contributed by atoms with E-state index in [9.17, 15) is 35.1 Å². The molecular formula is C52H102N2O10. The van der Waals surface area contributed by atoms with Gasteiger partial charge >= 0.3 is 6.09 Å². The lowest BCUT2D eigenvalue weighted by Gasteiger charge is -2.40. The number of amides is 2. The first-order chi connectivity index (χ1) is 31.2. The number of ether oxygens (including phenoxy) is 3. The number of rotatable bonds is 45. The van der Waals surface area contributed by atoms with E-state index in [2.05, 4.69) is 24.5 Å². The number of hydrogen-bond acceptors (Lipinski definition) is 10. The average molecular weight is 915 g/mol. The van der Waals surface area contributed by atoms with Gasteiger partial charge in [-0.05, 0) is 12.8 Å². The third kappa shape index (κ3) is 32.2. The van der Waals surface area contributed by atoms with Gasteiger partial charge in [0.15, 0.2) is 6.29 Å². The van der Waals surface area contributed by atoms with E-state index in [1.807, 2.05) is 0 Å². The molecule has 0 spiro atoms. The van der Waals surface area contributed by atoms with Gasteiger partial charge in [-0.1, -0.05) is 232 Å². The molecule has 0 saturated carbocycles. The van der Waals surface area contributed by atoms with Crippen LogP contribution in [0.15, 0.2) is 0 Å². The fraction of sp³-hybridized carbons (Fsp3) is 0.962. The highest BCUT2D eigenvalue weighted by atomic mass is 16.7. The summed E-state index contributed by atoms with van der Waals surface area (Å²) in [5.41, 5.74) is 0. The van der Waals surface area contributed by atoms with Crippen molar-refractivity contribution in [2.45, 2.75) is 300 Å². The van der Waals surface area contributed by atoms with Crippen LogP contribution >= 0.6 is 0 Å². The summed E-state index contributed by atoms with van der Waals surface area (Å²) in [6.07, 6.45) is 34.0. The van der Waals surface area contributed by atoms with E-state index in [0.29, 0.717) is 12.8 Å². The van der Waals surface area contributed by atoms with Gasteiger partial charge in [-0.3, -0.25) is 4.79 Å². The fourth-order valence-corrected chi connectivity index (χ4v) is 8.83. The molecule has 0 aliphatic carbocycles. The van der Waals surface area contributed by atoms with Gasteiger partial charge in [-0.15, -0.1) is 0 Å². The van der Waals surface area contributed by atoms with Crippen LogP contribution in [-0.2, 0) is 19.0 Å². The molecular weight excluding hydrogens is 813 g/mol. The normalized spacial score (nSPS) is 20.2. The minimum Gasteiger partial charge on any atom is -0.447 e. The maximum absolute atomic E-state index is 13.1. The van der Waals surface area contributed by atoms with Crippen molar-refractivity contribution in [2.24, 2.45) is 0 Å². The first-order valence-electron chi connectivity index (χ1n) is 27.0. The lowest BCUT2D eigenvalue weighted by atomic mass is 9.98. The Labute approximate surface area is 391 Å². The molecule has 64 heavy (non-hydrogen) atoms. The number of aliphatic hydroxyl groups is 5. The second kappa shape index (κ2) is 42.8. The van der Waals surface area contributed by atoms with Crippen LogP contribution in [0.25, 0.3) is 0 Å². The van der Waals surface area contributed by atoms with Crippen LogP contribution in [0.2, 0.25) is 0 Å². The number of nitrogens with one attached hydrogen (secondary N) is 2. The standard InChI is InChI=1S/C52H102N2O10/c1-4-6-8-10-12-14-16-18-19-20-21-22-23-24-25-26-27-28-30-32-34-36-38-40-46(56)54-43(41-62-51-50(60)49(59)48(58)45(64-51)42-63-52(61)53-3)47(57)44(55)39-37-35-33-31-29-17-15-13-11-9-7-5-2/h43-45,47-51,55,57-60H,4-42H2,1-3H3,(H,53,61)(H,54,56)/t43?,44?,45-,47?,48+,49+,50-,51+/m1/s1. The topological polar surface area (TPSA) is 187 Å². The van der Waals surface area contributed by atoms with Crippen molar-refractivity contribution in [1.29, 1.82) is 0 Å². The van der Waals surface area contributed by atoms with E-state index in [4.69, 9.17) is 14.2 Å². The van der Waals surface area contributed by atoms with Crippen LogP contribution in [0.4, 0.5) is 4.79 Å². The van der Waals surface area contributed by atoms with Gasteiger partial charge in [0.05, 0.1) is 18.8 Å². The van der Waals surface area contributed by atoms with Crippen LogP contribution in [0.5, 0.6) is 0 Å². The SMILES string of the molecule is CCCCCCCCCCCCCCCCCCCCCCCCCC(=O)NC(CO[C@H]1O[C@H](COC(=O)NC)[C@H](O)[C@H](O)[C@H]1O)C(O)C(O)CCCCCCCCCCCCCC. The molecule has 0 bridgehead atoms. The smallest absolute Gasteiger partial charge is 0.406 e. The summed E-state index contributed by atoms with van der Waals surface area (Å²) in [4.78, 5) is 24.7. The average Bonchev–Trinajstić information content (AvgIpc) is 3.29. The molecule has 12 heteroatoms. The predicted octanol–water partition coefficient (Wildman–Crippen LogP) is 10.8. The van der Waals surface area contributed by atoms with E-state index in [-0.39, 0.29) is 18.9 Å². The molecule has 1 heterocycles. The Morgan fingerprint density at radius 2 is 0.906 bits per heavy atom. The van der Waals surface area contributed by atoms with E-state index >= 15 is 0 Å². The van der Waals surface area contributed by atoms with E-state index in [1.54, 1.807) is 0 Å². The third-order valence-corrected chi connectivity index (χ3v) is 13.2. The minimum absolute atomic E-state index is 0.267. The van der Waals surface area contributed by atoms with Crippen molar-refractivity contribution < 1.29 is 49.3 Å². The second-order valence-corrected chi connectivity index (χ2v) is 19.1. The molecule has 8 atom stereocenters. The lowest BCUT2D eigenvalue weighted by Crippen LogP contribution is -2.60. The first kappa shape index (κ1) is 60.5. The van der Waals surface area contributed by atoms with Gasteiger partial charge in [-0.25, -0.2) is 4.79 Å². The maximum atomic E-state index is 13.1. The molecule has 0 aromatic heterocycles. The van der Waals surface area contributed by atoms with Gasteiger partial charge < -0.3 is 50.4 Å². The van der Waals surface area contributed by atoms with Gasteiger partial charge in [0, 0.05) is 13.5 Å². The first-order valence-corrected chi connectivity index (χ1v) is 27.0. The molecule has 12 nitrogen and oxygen atoms in total. The maximum Gasteiger partial charge on any atom is 0.406 e. The van der Waals surface area contributed by atoms with Gasteiger partial charge in [-0.2, -0.15) is 0 Å². The predicted molar refractivity (Wildman–Crippen MR) is 259 cm³/mol. The van der Waals surface area contributed by atoms with E-state index < -0.39 is 61.7 Å². The number of carbonyl (C=O) groups is 2. The lowest BCUT2D eigenvalue weighted by molar-refractivity contribution is -0.302. The van der Waals surface area contributed by atoms with E-state index in [1.165, 1.54) is 180 Å². The molecule has 3 unspecified atom stereocenters. The molecule has 1 rings (SSSR count). The molecule has 1 saturated heterocycles. The minimum atomic E-state index is -1.66. The van der Waals surface area contributed by atoms with Crippen LogP contribution in [-0.4, -0.2) is 107 Å². The van der Waals surface area contributed by atoms with Crippen molar-refractivity contribution in [1.82, 2.24) is 10.6 Å². The highest BCUT2D eigenvalue weighted by Gasteiger charge is 2.45. The van der Waals surface area contributed by atoms with Gasteiger partial charge in [0.2, 0.25) is 5.91 Å². The molecule has 2 amide bonds. The van der Waals surface area contributed by atoms with Gasteiger partial charge in [0.1, 0.15) is 37.1 Å². The molecule has 0 radical (unpaired) electrons. The molecule has 380 valence electrons. The molecule has 0 aromatic rings. The van der Waals surface area contributed by atoms with E-state index in [0.717, 1.165) is 44.9 Å². The zero-order chi connectivity index (χ0) is 46.9. The van der Waals surface area contributed by atoms with Crippen LogP contribution in [0.3, 0.4) is 0 Å². The quantitative estimate of drug-likeness (QED) is 0.0290. The second-order valence-electron chi connectivity index (χ2n) is 19.1. The largest absolute Gasteiger partial charge is 0.447 e. The zero-order valence-corrected chi connectivity index (χ0v) is 41.5. The Morgan fingerprint density at radius 1 is 0.531 bits per heavy atom. The summed E-state index contributed by atoms with van der Waals surface area (Å²) in [6, 6.07) is -1.02. The zero-order valence-electron chi connectivity index (χ0n) is 41.5. The highest BCUT2D eigenvalue weighted by Crippen LogP contribution is 2.24. The van der Waals surface area contributed by atoms with Crippen LogP contribution in [0.1, 0.15) is 251 Å². The summed E-state index contributed by atoms with van der Waals surface area (Å²) < 4.78 is 16.4. The molecule has 1 aliphatic heterocycles. The van der Waals surface area contributed by atoms with Crippen molar-refractivity contribution >= 4 is 12.0 Å². The summed E-state index contributed by atoms with van der Waals surface area (Å²) >= 11 is 0. The molecule has 0 aromatic carbocycles. The molecule has 1 aliphatic rings. The number of alkyl carbamates (subject to hydrolysis) is 1. The molecule has 7 N–H and O–H groups in total. The third-order valence-electron chi connectivity index (χ3n) is 13.2. The Bertz CT molecular complexity index is 1060. The summed E-state index contributed by atoms with van der Waals surface area (Å²) in [5, 5.41) is 59.0. The monoisotopic (exact) mass is 915 g/mol. The van der Waals surface area contributed by atoms with Crippen molar-refractivity contribution in [3.05, 3.63) is 0 Å². The van der Waals surface area contributed by atoms with Crippen molar-refractivity contribution in [2.75, 3.05) is 20.3 Å². The number of carbonyl (C=O) groups excluding carboxylic acids is 2.